The average Bonchev–Trinajstić information content (AvgIpc) is 3.21. The number of aliphatic hydroxyl groups excluding tert-OH is 1. The van der Waals surface area contributed by atoms with E-state index >= 15 is 0 Å². The molecule has 2 fully saturated rings. The van der Waals surface area contributed by atoms with Crippen LogP contribution in [0.15, 0.2) is 12.1 Å². The molecule has 32 heavy (non-hydrogen) atoms. The SMILES string of the molecule is CC1CCC(C(=O)N(c2cc(C3=CCC(=O)CC3)sc2C(=O)O)C2CCC(O)CC2)CC1. The fourth-order valence-electron chi connectivity index (χ4n) is 5.33. The molecule has 2 N–H and O–H groups in total. The van der Waals surface area contributed by atoms with Crippen molar-refractivity contribution in [2.24, 2.45) is 11.8 Å². The molecule has 2 saturated carbocycles. The number of Topliss-reactive ketones (excluding diaryl/α,β-unsaturated/α-hetero) is 1. The number of rotatable bonds is 5. The monoisotopic (exact) mass is 459 g/mol. The number of amides is 1. The first-order chi connectivity index (χ1) is 15.3. The van der Waals surface area contributed by atoms with E-state index in [9.17, 15) is 24.6 Å². The summed E-state index contributed by atoms with van der Waals surface area (Å²) in [6.07, 6.45) is 9.38. The van der Waals surface area contributed by atoms with Gasteiger partial charge in [-0.05, 0) is 75.3 Å². The van der Waals surface area contributed by atoms with Gasteiger partial charge in [-0.2, -0.15) is 0 Å². The summed E-state index contributed by atoms with van der Waals surface area (Å²) in [5.74, 6) is -0.226. The average molecular weight is 460 g/mol. The molecule has 1 aromatic rings. The largest absolute Gasteiger partial charge is 0.477 e. The van der Waals surface area contributed by atoms with Gasteiger partial charge in [-0.1, -0.05) is 13.0 Å². The van der Waals surface area contributed by atoms with Crippen LogP contribution < -0.4 is 4.90 Å². The number of hydrogen-bond acceptors (Lipinski definition) is 5. The van der Waals surface area contributed by atoms with Gasteiger partial charge in [-0.25, -0.2) is 4.79 Å². The molecule has 0 aliphatic heterocycles. The number of anilines is 1. The maximum atomic E-state index is 13.8. The smallest absolute Gasteiger partial charge is 0.348 e. The summed E-state index contributed by atoms with van der Waals surface area (Å²) in [6, 6.07) is 1.78. The van der Waals surface area contributed by atoms with Gasteiger partial charge in [0.1, 0.15) is 10.7 Å². The van der Waals surface area contributed by atoms with Crippen LogP contribution >= 0.6 is 11.3 Å². The van der Waals surface area contributed by atoms with E-state index in [2.05, 4.69) is 6.92 Å². The molecular formula is C25H33NO5S. The Bertz CT molecular complexity index is 903. The molecule has 0 aromatic carbocycles. The third-order valence-corrected chi connectivity index (χ3v) is 8.55. The normalized spacial score (nSPS) is 28.8. The Morgan fingerprint density at radius 1 is 1.03 bits per heavy atom. The van der Waals surface area contributed by atoms with E-state index in [4.69, 9.17) is 0 Å². The van der Waals surface area contributed by atoms with Crippen LogP contribution in [0, 0.1) is 11.8 Å². The minimum atomic E-state index is -1.02. The number of aromatic carboxylic acids is 1. The molecule has 0 bridgehead atoms. The molecule has 3 aliphatic carbocycles. The lowest BCUT2D eigenvalue weighted by atomic mass is 9.81. The Kier molecular flexibility index (Phi) is 7.15. The van der Waals surface area contributed by atoms with Crippen LogP contribution in [0.4, 0.5) is 5.69 Å². The number of carboxylic acids is 1. The lowest BCUT2D eigenvalue weighted by Gasteiger charge is -2.38. The van der Waals surface area contributed by atoms with Crippen LogP contribution in [0.1, 0.15) is 92.1 Å². The topological polar surface area (TPSA) is 94.9 Å². The van der Waals surface area contributed by atoms with Gasteiger partial charge in [0.25, 0.3) is 0 Å². The van der Waals surface area contributed by atoms with Gasteiger partial charge in [-0.15, -0.1) is 11.3 Å². The lowest BCUT2D eigenvalue weighted by molar-refractivity contribution is -0.124. The Morgan fingerprint density at radius 3 is 2.31 bits per heavy atom. The Balaban J connectivity index is 1.70. The van der Waals surface area contributed by atoms with Gasteiger partial charge < -0.3 is 15.1 Å². The van der Waals surface area contributed by atoms with Crippen molar-refractivity contribution in [2.75, 3.05) is 4.90 Å². The highest BCUT2D eigenvalue weighted by Crippen LogP contribution is 2.41. The number of carbonyl (C=O) groups is 3. The zero-order chi connectivity index (χ0) is 22.8. The predicted octanol–water partition coefficient (Wildman–Crippen LogP) is 5.05. The molecule has 0 saturated heterocycles. The number of ketones is 1. The summed E-state index contributed by atoms with van der Waals surface area (Å²) in [5, 5.41) is 20.0. The molecule has 6 nitrogen and oxygen atoms in total. The van der Waals surface area contributed by atoms with Crippen molar-refractivity contribution in [3.05, 3.63) is 21.9 Å². The standard InChI is InChI=1S/C25H33NO5S/c1-15-2-4-17(5-3-15)24(29)26(18-8-12-20(28)13-9-18)21-14-22(32-23(21)25(30)31)16-6-10-19(27)11-7-16/h6,14-15,17-18,20,28H,2-5,7-13H2,1H3,(H,30,31). The van der Waals surface area contributed by atoms with Crippen molar-refractivity contribution in [2.45, 2.75) is 89.7 Å². The van der Waals surface area contributed by atoms with E-state index in [-0.39, 0.29) is 34.6 Å². The molecule has 7 heteroatoms. The maximum absolute atomic E-state index is 13.8. The first-order valence-electron chi connectivity index (χ1n) is 11.9. The molecule has 1 amide bonds. The molecule has 0 unspecified atom stereocenters. The number of carbonyl (C=O) groups excluding carboxylic acids is 2. The quantitative estimate of drug-likeness (QED) is 0.643. The minimum Gasteiger partial charge on any atom is -0.477 e. The third-order valence-electron chi connectivity index (χ3n) is 7.37. The van der Waals surface area contributed by atoms with E-state index in [1.807, 2.05) is 12.1 Å². The fourth-order valence-corrected chi connectivity index (χ4v) is 6.38. The number of allylic oxidation sites excluding steroid dienone is 2. The summed E-state index contributed by atoms with van der Waals surface area (Å²) in [5.41, 5.74) is 1.50. The summed E-state index contributed by atoms with van der Waals surface area (Å²) < 4.78 is 0. The highest BCUT2D eigenvalue weighted by Gasteiger charge is 2.37. The second-order valence-corrected chi connectivity index (χ2v) is 10.8. The Labute approximate surface area is 193 Å². The van der Waals surface area contributed by atoms with Gasteiger partial charge in [0.05, 0.1) is 11.8 Å². The molecule has 1 heterocycles. The van der Waals surface area contributed by atoms with Crippen molar-refractivity contribution in [3.8, 4) is 0 Å². The van der Waals surface area contributed by atoms with Crippen LogP contribution in [0.25, 0.3) is 5.57 Å². The minimum absolute atomic E-state index is 0.0398. The Morgan fingerprint density at radius 2 is 1.72 bits per heavy atom. The number of nitrogens with zero attached hydrogens (tertiary/aromatic N) is 1. The van der Waals surface area contributed by atoms with E-state index in [1.165, 1.54) is 11.3 Å². The van der Waals surface area contributed by atoms with Crippen molar-refractivity contribution in [3.63, 3.8) is 0 Å². The van der Waals surface area contributed by atoms with Crippen LogP contribution in [0.2, 0.25) is 0 Å². The summed E-state index contributed by atoms with van der Waals surface area (Å²) in [4.78, 5) is 40.5. The molecule has 174 valence electrons. The second kappa shape index (κ2) is 9.87. The molecule has 0 radical (unpaired) electrons. The molecule has 0 spiro atoms. The van der Waals surface area contributed by atoms with Crippen LogP contribution in [-0.4, -0.2) is 40.0 Å². The molecule has 3 aliphatic rings. The lowest BCUT2D eigenvalue weighted by Crippen LogP contribution is -2.47. The van der Waals surface area contributed by atoms with E-state index in [1.54, 1.807) is 4.90 Å². The maximum Gasteiger partial charge on any atom is 0.348 e. The predicted molar refractivity (Wildman–Crippen MR) is 125 cm³/mol. The zero-order valence-corrected chi connectivity index (χ0v) is 19.5. The highest BCUT2D eigenvalue weighted by atomic mass is 32.1. The molecule has 1 aromatic heterocycles. The summed E-state index contributed by atoms with van der Waals surface area (Å²) in [7, 11) is 0. The first kappa shape index (κ1) is 23.2. The van der Waals surface area contributed by atoms with Crippen LogP contribution in [0.5, 0.6) is 0 Å². The Hall–Kier alpha value is -1.99. The van der Waals surface area contributed by atoms with Crippen LogP contribution in [0.3, 0.4) is 0 Å². The van der Waals surface area contributed by atoms with Crippen LogP contribution in [-0.2, 0) is 9.59 Å². The zero-order valence-electron chi connectivity index (χ0n) is 18.7. The van der Waals surface area contributed by atoms with Gasteiger partial charge in [0.15, 0.2) is 0 Å². The number of aliphatic hydroxyl groups is 1. The first-order valence-corrected chi connectivity index (χ1v) is 12.7. The van der Waals surface area contributed by atoms with Gasteiger partial charge >= 0.3 is 5.97 Å². The number of thiophene rings is 1. The third kappa shape index (κ3) is 4.99. The van der Waals surface area contributed by atoms with E-state index in [0.717, 1.165) is 36.1 Å². The number of carboxylic acid groups (broad SMARTS) is 1. The number of hydrogen-bond donors (Lipinski definition) is 2. The summed E-state index contributed by atoms with van der Waals surface area (Å²) in [6.45, 7) is 2.22. The van der Waals surface area contributed by atoms with Crippen molar-refractivity contribution >= 4 is 40.3 Å². The molecular weight excluding hydrogens is 426 g/mol. The molecule has 4 rings (SSSR count). The summed E-state index contributed by atoms with van der Waals surface area (Å²) >= 11 is 1.21. The van der Waals surface area contributed by atoms with E-state index < -0.39 is 5.97 Å². The van der Waals surface area contributed by atoms with E-state index in [0.29, 0.717) is 56.6 Å². The molecule has 0 atom stereocenters. The van der Waals surface area contributed by atoms with Crippen molar-refractivity contribution in [1.29, 1.82) is 0 Å². The van der Waals surface area contributed by atoms with Crippen molar-refractivity contribution < 1.29 is 24.6 Å². The highest BCUT2D eigenvalue weighted by molar-refractivity contribution is 7.15. The fraction of sp³-hybridized carbons (Fsp3) is 0.640. The second-order valence-electron chi connectivity index (χ2n) is 9.73. The van der Waals surface area contributed by atoms with Crippen molar-refractivity contribution in [1.82, 2.24) is 0 Å². The van der Waals surface area contributed by atoms with Gasteiger partial charge in [0, 0.05) is 29.7 Å². The van der Waals surface area contributed by atoms with Gasteiger partial charge in [-0.3, -0.25) is 9.59 Å². The van der Waals surface area contributed by atoms with Gasteiger partial charge in [0.2, 0.25) is 5.91 Å².